The average Bonchev–Trinajstić information content (AvgIpc) is 2.60. The van der Waals surface area contributed by atoms with Crippen LogP contribution in [0.25, 0.3) is 0 Å². The van der Waals surface area contributed by atoms with E-state index < -0.39 is 6.04 Å². The van der Waals surface area contributed by atoms with Crippen LogP contribution in [0.5, 0.6) is 0 Å². The molecule has 2 N–H and O–H groups in total. The van der Waals surface area contributed by atoms with Crippen LogP contribution in [0, 0.1) is 5.92 Å². The fraction of sp³-hybridized carbons (Fsp3) is 0.278. The fourth-order valence-electron chi connectivity index (χ4n) is 2.92. The van der Waals surface area contributed by atoms with Crippen LogP contribution in [0.2, 0.25) is 0 Å². The van der Waals surface area contributed by atoms with E-state index in [0.29, 0.717) is 16.9 Å². The summed E-state index contributed by atoms with van der Waals surface area (Å²) in [6, 6.07) is 9.42. The van der Waals surface area contributed by atoms with Gasteiger partial charge in [0.05, 0.1) is 16.9 Å². The summed E-state index contributed by atoms with van der Waals surface area (Å²) in [7, 11) is 0. The molecule has 0 fully saturated rings. The fourth-order valence-corrected chi connectivity index (χ4v) is 2.92. The van der Waals surface area contributed by atoms with Crippen molar-refractivity contribution in [2.45, 2.75) is 26.3 Å². The van der Waals surface area contributed by atoms with Gasteiger partial charge in [-0.25, -0.2) is 0 Å². The van der Waals surface area contributed by atoms with Gasteiger partial charge in [-0.3, -0.25) is 19.3 Å². The molecule has 2 unspecified atom stereocenters. The van der Waals surface area contributed by atoms with E-state index in [1.165, 1.54) is 23.2 Å². The molecule has 6 heteroatoms. The number of fused-ring (bicyclic) bond motifs is 1. The predicted molar refractivity (Wildman–Crippen MR) is 92.2 cm³/mol. The molecule has 0 spiro atoms. The zero-order valence-electron chi connectivity index (χ0n) is 13.6. The quantitative estimate of drug-likeness (QED) is 0.909. The second-order valence-electron chi connectivity index (χ2n) is 5.95. The molecule has 1 aliphatic rings. The lowest BCUT2D eigenvalue weighted by molar-refractivity contribution is -0.118. The minimum atomic E-state index is -0.593. The van der Waals surface area contributed by atoms with Gasteiger partial charge in [0.1, 0.15) is 6.04 Å². The maximum atomic E-state index is 13.1. The maximum absolute atomic E-state index is 13.1. The number of carbonyl (C=O) groups excluding carboxylic acids is 2. The number of para-hydroxylation sites is 2. The number of nitrogens with one attached hydrogen (secondary N) is 2. The third kappa shape index (κ3) is 2.71. The molecule has 0 radical (unpaired) electrons. The molecule has 1 aliphatic heterocycles. The minimum Gasteiger partial charge on any atom is -0.328 e. The number of pyridine rings is 1. The average molecular weight is 325 g/mol. The Hall–Kier alpha value is -2.89. The van der Waals surface area contributed by atoms with Crippen LogP contribution in [0.4, 0.5) is 11.4 Å². The van der Waals surface area contributed by atoms with Crippen LogP contribution >= 0.6 is 0 Å². The lowest BCUT2D eigenvalue weighted by Crippen LogP contribution is -2.54. The SMILES string of the molecule is CCC(C)C1C(=O)Nc2ccccc2N1C(=O)c1ccc(=O)[nH]c1. The molecule has 0 bridgehead atoms. The molecule has 3 rings (SSSR count). The molecule has 24 heavy (non-hydrogen) atoms. The lowest BCUT2D eigenvalue weighted by Gasteiger charge is -2.39. The van der Waals surface area contributed by atoms with Gasteiger partial charge in [0, 0.05) is 12.3 Å². The Labute approximate surface area is 139 Å². The number of hydrogen-bond donors (Lipinski definition) is 2. The van der Waals surface area contributed by atoms with Gasteiger partial charge in [-0.2, -0.15) is 0 Å². The molecule has 0 aliphatic carbocycles. The topological polar surface area (TPSA) is 82.3 Å². The van der Waals surface area contributed by atoms with Crippen molar-refractivity contribution in [3.8, 4) is 0 Å². The van der Waals surface area contributed by atoms with E-state index in [0.717, 1.165) is 6.42 Å². The standard InChI is InChI=1S/C18H19N3O3/c1-3-11(2)16-17(23)20-13-6-4-5-7-14(13)21(16)18(24)12-8-9-15(22)19-10-12/h4-11,16H,3H2,1-2H3,(H,19,22)(H,20,23). The normalized spacial score (nSPS) is 17.8. The largest absolute Gasteiger partial charge is 0.328 e. The summed E-state index contributed by atoms with van der Waals surface area (Å²) in [6.07, 6.45) is 2.14. The Morgan fingerprint density at radius 1 is 1.21 bits per heavy atom. The van der Waals surface area contributed by atoms with Crippen LogP contribution in [0.15, 0.2) is 47.4 Å². The summed E-state index contributed by atoms with van der Waals surface area (Å²) in [4.78, 5) is 41.0. The van der Waals surface area contributed by atoms with E-state index in [-0.39, 0.29) is 23.3 Å². The number of rotatable bonds is 3. The highest BCUT2D eigenvalue weighted by molar-refractivity contribution is 6.16. The van der Waals surface area contributed by atoms with E-state index in [2.05, 4.69) is 10.3 Å². The van der Waals surface area contributed by atoms with E-state index >= 15 is 0 Å². The van der Waals surface area contributed by atoms with Crippen LogP contribution in [0.3, 0.4) is 0 Å². The summed E-state index contributed by atoms with van der Waals surface area (Å²) in [5, 5.41) is 2.88. The molecule has 6 nitrogen and oxygen atoms in total. The van der Waals surface area contributed by atoms with E-state index in [1.807, 2.05) is 32.0 Å². The van der Waals surface area contributed by atoms with Gasteiger partial charge in [0.25, 0.3) is 5.91 Å². The smallest absolute Gasteiger partial charge is 0.260 e. The summed E-state index contributed by atoms with van der Waals surface area (Å²) in [5.41, 5.74) is 1.34. The maximum Gasteiger partial charge on any atom is 0.260 e. The van der Waals surface area contributed by atoms with Crippen molar-refractivity contribution in [1.29, 1.82) is 0 Å². The van der Waals surface area contributed by atoms with Gasteiger partial charge in [0.2, 0.25) is 11.5 Å². The lowest BCUT2D eigenvalue weighted by atomic mass is 9.93. The van der Waals surface area contributed by atoms with Gasteiger partial charge >= 0.3 is 0 Å². The van der Waals surface area contributed by atoms with Crippen LogP contribution in [0.1, 0.15) is 30.6 Å². The molecule has 1 aromatic heterocycles. The molecule has 2 heterocycles. The Kier molecular flexibility index (Phi) is 4.20. The van der Waals surface area contributed by atoms with E-state index in [9.17, 15) is 14.4 Å². The second kappa shape index (κ2) is 6.31. The van der Waals surface area contributed by atoms with Crippen molar-refractivity contribution in [2.24, 2.45) is 5.92 Å². The molecule has 0 saturated carbocycles. The third-order valence-corrected chi connectivity index (χ3v) is 4.40. The Morgan fingerprint density at radius 3 is 2.62 bits per heavy atom. The number of aromatic nitrogens is 1. The summed E-state index contributed by atoms with van der Waals surface area (Å²) < 4.78 is 0. The number of benzene rings is 1. The zero-order valence-corrected chi connectivity index (χ0v) is 13.6. The van der Waals surface area contributed by atoms with Crippen LogP contribution < -0.4 is 15.8 Å². The minimum absolute atomic E-state index is 0.00920. The third-order valence-electron chi connectivity index (χ3n) is 4.40. The highest BCUT2D eigenvalue weighted by atomic mass is 16.2. The molecule has 1 aromatic carbocycles. The first-order valence-electron chi connectivity index (χ1n) is 7.95. The monoisotopic (exact) mass is 325 g/mol. The molecule has 2 aromatic rings. The van der Waals surface area contributed by atoms with Crippen molar-refractivity contribution in [3.05, 3.63) is 58.5 Å². The molecular weight excluding hydrogens is 306 g/mol. The predicted octanol–water partition coefficient (Wildman–Crippen LogP) is 2.39. The Morgan fingerprint density at radius 2 is 1.96 bits per heavy atom. The van der Waals surface area contributed by atoms with Crippen molar-refractivity contribution in [1.82, 2.24) is 4.98 Å². The van der Waals surface area contributed by atoms with Gasteiger partial charge in [-0.1, -0.05) is 32.4 Å². The van der Waals surface area contributed by atoms with Gasteiger partial charge in [-0.15, -0.1) is 0 Å². The van der Waals surface area contributed by atoms with Crippen molar-refractivity contribution in [2.75, 3.05) is 10.2 Å². The van der Waals surface area contributed by atoms with Crippen LogP contribution in [-0.2, 0) is 4.79 Å². The number of aromatic amines is 1. The summed E-state index contributed by atoms with van der Waals surface area (Å²) in [6.45, 7) is 3.94. The van der Waals surface area contributed by atoms with Crippen molar-refractivity contribution in [3.63, 3.8) is 0 Å². The number of carbonyl (C=O) groups is 2. The van der Waals surface area contributed by atoms with Gasteiger partial charge < -0.3 is 10.3 Å². The Bertz CT molecular complexity index is 823. The number of nitrogens with zero attached hydrogens (tertiary/aromatic N) is 1. The number of H-pyrrole nitrogens is 1. The molecule has 0 saturated heterocycles. The highest BCUT2D eigenvalue weighted by Gasteiger charge is 2.39. The molecular formula is C18H19N3O3. The summed E-state index contributed by atoms with van der Waals surface area (Å²) >= 11 is 0. The molecule has 2 amide bonds. The first kappa shape index (κ1) is 16.0. The first-order valence-corrected chi connectivity index (χ1v) is 7.95. The first-order chi connectivity index (χ1) is 11.5. The van der Waals surface area contributed by atoms with Crippen LogP contribution in [-0.4, -0.2) is 22.8 Å². The van der Waals surface area contributed by atoms with Gasteiger partial charge in [0.15, 0.2) is 0 Å². The number of anilines is 2. The van der Waals surface area contributed by atoms with Crippen molar-refractivity contribution < 1.29 is 9.59 Å². The van der Waals surface area contributed by atoms with Gasteiger partial charge in [-0.05, 0) is 24.1 Å². The van der Waals surface area contributed by atoms with E-state index in [1.54, 1.807) is 6.07 Å². The number of amides is 2. The second-order valence-corrected chi connectivity index (χ2v) is 5.95. The molecule has 124 valence electrons. The number of hydrogen-bond acceptors (Lipinski definition) is 3. The molecule has 2 atom stereocenters. The van der Waals surface area contributed by atoms with Crippen molar-refractivity contribution >= 4 is 23.2 Å². The summed E-state index contributed by atoms with van der Waals surface area (Å²) in [5.74, 6) is -0.509. The highest BCUT2D eigenvalue weighted by Crippen LogP contribution is 2.35. The van der Waals surface area contributed by atoms with E-state index in [4.69, 9.17) is 0 Å². The zero-order chi connectivity index (χ0) is 17.3. The Balaban J connectivity index is 2.11.